The maximum Gasteiger partial charge on any atom is 0.223 e. The highest BCUT2D eigenvalue weighted by Crippen LogP contribution is 2.31. The minimum Gasteiger partial charge on any atom is -0.384 e. The third kappa shape index (κ3) is 4.21. The molecular formula is C17H24ClNO2. The largest absolute Gasteiger partial charge is 0.384 e. The normalized spacial score (nSPS) is 20.0. The lowest BCUT2D eigenvalue weighted by Gasteiger charge is -2.26. The summed E-state index contributed by atoms with van der Waals surface area (Å²) in [6.45, 7) is 3.91. The Morgan fingerprint density at radius 3 is 2.52 bits per heavy atom. The highest BCUT2D eigenvalue weighted by Gasteiger charge is 2.29. The van der Waals surface area contributed by atoms with Gasteiger partial charge in [-0.15, -0.1) is 0 Å². The average Bonchev–Trinajstić information content (AvgIpc) is 2.98. The molecule has 2 N–H and O–H groups in total. The summed E-state index contributed by atoms with van der Waals surface area (Å²) >= 11 is 5.85. The summed E-state index contributed by atoms with van der Waals surface area (Å²) in [5.41, 5.74) is -0.337. The number of carbonyl (C=O) groups is 1. The van der Waals surface area contributed by atoms with Gasteiger partial charge in [0.25, 0.3) is 0 Å². The van der Waals surface area contributed by atoms with Gasteiger partial charge in [-0.05, 0) is 43.4 Å². The summed E-state index contributed by atoms with van der Waals surface area (Å²) in [6.07, 6.45) is 4.74. The number of rotatable bonds is 5. The van der Waals surface area contributed by atoms with E-state index in [0.717, 1.165) is 18.4 Å². The molecule has 4 heteroatoms. The second-order valence-corrected chi connectivity index (χ2v) is 6.77. The van der Waals surface area contributed by atoms with E-state index >= 15 is 0 Å². The highest BCUT2D eigenvalue weighted by atomic mass is 35.5. The van der Waals surface area contributed by atoms with E-state index in [4.69, 9.17) is 11.6 Å². The van der Waals surface area contributed by atoms with Gasteiger partial charge in [-0.3, -0.25) is 4.79 Å². The van der Waals surface area contributed by atoms with Gasteiger partial charge < -0.3 is 10.4 Å². The summed E-state index contributed by atoms with van der Waals surface area (Å²) in [5, 5.41) is 14.0. The van der Waals surface area contributed by atoms with Crippen molar-refractivity contribution >= 4 is 17.5 Å². The molecule has 21 heavy (non-hydrogen) atoms. The molecule has 2 unspecified atom stereocenters. The van der Waals surface area contributed by atoms with Gasteiger partial charge in [-0.2, -0.15) is 0 Å². The van der Waals surface area contributed by atoms with Crippen molar-refractivity contribution in [2.45, 2.75) is 45.1 Å². The third-order valence-electron chi connectivity index (χ3n) is 4.59. The van der Waals surface area contributed by atoms with Crippen LogP contribution in [-0.4, -0.2) is 17.6 Å². The van der Waals surface area contributed by atoms with Crippen LogP contribution in [0.4, 0.5) is 0 Å². The number of carbonyl (C=O) groups excluding carboxylic acids is 1. The van der Waals surface area contributed by atoms with Gasteiger partial charge in [0.2, 0.25) is 5.91 Å². The molecule has 1 saturated carbocycles. The van der Waals surface area contributed by atoms with Crippen molar-refractivity contribution in [1.29, 1.82) is 0 Å². The maximum atomic E-state index is 12.2. The Morgan fingerprint density at radius 1 is 1.38 bits per heavy atom. The fourth-order valence-corrected chi connectivity index (χ4v) is 3.13. The van der Waals surface area contributed by atoms with Crippen LogP contribution in [0.5, 0.6) is 0 Å². The SMILES string of the molecule is CC(C(=O)NCC(C)(O)c1ccc(Cl)cc1)C1CCCC1. The van der Waals surface area contributed by atoms with Gasteiger partial charge in [0.15, 0.2) is 0 Å². The smallest absolute Gasteiger partial charge is 0.223 e. The molecule has 0 saturated heterocycles. The van der Waals surface area contributed by atoms with E-state index in [0.29, 0.717) is 10.9 Å². The predicted molar refractivity (Wildman–Crippen MR) is 85.2 cm³/mol. The minimum absolute atomic E-state index is 0.0218. The van der Waals surface area contributed by atoms with Crippen LogP contribution in [0.3, 0.4) is 0 Å². The molecule has 0 heterocycles. The van der Waals surface area contributed by atoms with Crippen molar-refractivity contribution in [3.8, 4) is 0 Å². The molecule has 0 radical (unpaired) electrons. The van der Waals surface area contributed by atoms with Crippen LogP contribution in [0, 0.1) is 11.8 Å². The molecular weight excluding hydrogens is 286 g/mol. The zero-order valence-corrected chi connectivity index (χ0v) is 13.5. The van der Waals surface area contributed by atoms with E-state index in [1.54, 1.807) is 31.2 Å². The van der Waals surface area contributed by atoms with E-state index < -0.39 is 5.60 Å². The van der Waals surface area contributed by atoms with Gasteiger partial charge in [-0.1, -0.05) is 43.5 Å². The average molecular weight is 310 g/mol. The van der Waals surface area contributed by atoms with Crippen molar-refractivity contribution < 1.29 is 9.90 Å². The van der Waals surface area contributed by atoms with Crippen molar-refractivity contribution in [3.05, 3.63) is 34.9 Å². The molecule has 1 aliphatic carbocycles. The summed E-state index contributed by atoms with van der Waals surface area (Å²) in [4.78, 5) is 12.2. The number of benzene rings is 1. The number of hydrogen-bond donors (Lipinski definition) is 2. The van der Waals surface area contributed by atoms with E-state index in [9.17, 15) is 9.90 Å². The van der Waals surface area contributed by atoms with Crippen LogP contribution in [0.2, 0.25) is 5.02 Å². The molecule has 2 atom stereocenters. The zero-order valence-electron chi connectivity index (χ0n) is 12.7. The van der Waals surface area contributed by atoms with Crippen LogP contribution in [-0.2, 0) is 10.4 Å². The van der Waals surface area contributed by atoms with Crippen LogP contribution in [0.25, 0.3) is 0 Å². The van der Waals surface area contributed by atoms with Gasteiger partial charge in [0.05, 0.1) is 6.54 Å². The molecule has 0 bridgehead atoms. The van der Waals surface area contributed by atoms with Gasteiger partial charge in [-0.25, -0.2) is 0 Å². The fraction of sp³-hybridized carbons (Fsp3) is 0.588. The lowest BCUT2D eigenvalue weighted by molar-refractivity contribution is -0.127. The molecule has 1 fully saturated rings. The first-order valence-electron chi connectivity index (χ1n) is 7.66. The minimum atomic E-state index is -1.09. The topological polar surface area (TPSA) is 49.3 Å². The summed E-state index contributed by atoms with van der Waals surface area (Å²) in [6, 6.07) is 7.06. The predicted octanol–water partition coefficient (Wildman–Crippen LogP) is 3.49. The van der Waals surface area contributed by atoms with Crippen molar-refractivity contribution in [2.75, 3.05) is 6.54 Å². The Balaban J connectivity index is 1.91. The molecule has 0 spiro atoms. The molecule has 1 aliphatic rings. The summed E-state index contributed by atoms with van der Waals surface area (Å²) in [5.74, 6) is 0.551. The Hall–Kier alpha value is -1.06. The number of nitrogens with one attached hydrogen (secondary N) is 1. The first-order valence-corrected chi connectivity index (χ1v) is 8.04. The number of amides is 1. The zero-order chi connectivity index (χ0) is 15.5. The molecule has 3 nitrogen and oxygen atoms in total. The van der Waals surface area contributed by atoms with E-state index in [-0.39, 0.29) is 18.4 Å². The monoisotopic (exact) mass is 309 g/mol. The van der Waals surface area contributed by atoms with Crippen molar-refractivity contribution in [2.24, 2.45) is 11.8 Å². The molecule has 1 aromatic rings. The van der Waals surface area contributed by atoms with Crippen molar-refractivity contribution in [3.63, 3.8) is 0 Å². The van der Waals surface area contributed by atoms with Gasteiger partial charge in [0, 0.05) is 10.9 Å². The van der Waals surface area contributed by atoms with Gasteiger partial charge >= 0.3 is 0 Å². The standard InChI is InChI=1S/C17H24ClNO2/c1-12(13-5-3-4-6-13)16(20)19-11-17(2,21)14-7-9-15(18)10-8-14/h7-10,12-13,21H,3-6,11H2,1-2H3,(H,19,20). The molecule has 0 aliphatic heterocycles. The van der Waals surface area contributed by atoms with E-state index in [2.05, 4.69) is 5.32 Å². The maximum absolute atomic E-state index is 12.2. The third-order valence-corrected chi connectivity index (χ3v) is 4.85. The van der Waals surface area contributed by atoms with Crippen LogP contribution >= 0.6 is 11.6 Å². The molecule has 116 valence electrons. The first-order chi connectivity index (χ1) is 9.90. The number of aliphatic hydroxyl groups is 1. The van der Waals surface area contributed by atoms with Crippen LogP contribution < -0.4 is 5.32 Å². The van der Waals surface area contributed by atoms with Crippen LogP contribution in [0.15, 0.2) is 24.3 Å². The Bertz CT molecular complexity index is 478. The highest BCUT2D eigenvalue weighted by molar-refractivity contribution is 6.30. The quantitative estimate of drug-likeness (QED) is 0.874. The molecule has 0 aromatic heterocycles. The molecule has 1 amide bonds. The molecule has 1 aromatic carbocycles. The first kappa shape index (κ1) is 16.3. The lowest BCUT2D eigenvalue weighted by Crippen LogP contribution is -2.41. The van der Waals surface area contributed by atoms with E-state index in [1.807, 2.05) is 6.92 Å². The number of halogens is 1. The summed E-state index contributed by atoms with van der Waals surface area (Å²) < 4.78 is 0. The van der Waals surface area contributed by atoms with Crippen molar-refractivity contribution in [1.82, 2.24) is 5.32 Å². The second kappa shape index (κ2) is 6.80. The second-order valence-electron chi connectivity index (χ2n) is 6.33. The Kier molecular flexibility index (Phi) is 5.28. The fourth-order valence-electron chi connectivity index (χ4n) is 3.00. The number of hydrogen-bond acceptors (Lipinski definition) is 2. The van der Waals surface area contributed by atoms with E-state index in [1.165, 1.54) is 12.8 Å². The van der Waals surface area contributed by atoms with Crippen LogP contribution in [0.1, 0.15) is 45.1 Å². The lowest BCUT2D eigenvalue weighted by atomic mass is 9.91. The Morgan fingerprint density at radius 2 is 1.95 bits per heavy atom. The summed E-state index contributed by atoms with van der Waals surface area (Å²) in [7, 11) is 0. The van der Waals surface area contributed by atoms with Gasteiger partial charge in [0.1, 0.15) is 5.60 Å². The molecule has 2 rings (SSSR count). The Labute approximate surface area is 131 Å².